The lowest BCUT2D eigenvalue weighted by Gasteiger charge is -2.18. The lowest BCUT2D eigenvalue weighted by atomic mass is 9.99. The van der Waals surface area contributed by atoms with E-state index in [1.807, 2.05) is 0 Å². The van der Waals surface area contributed by atoms with Crippen molar-refractivity contribution in [1.82, 2.24) is 0 Å². The third-order valence-corrected chi connectivity index (χ3v) is 1.68. The van der Waals surface area contributed by atoms with E-state index in [9.17, 15) is 9.90 Å². The Hall–Kier alpha value is -1.39. The molecule has 4 heteroatoms. The molecule has 0 bridgehead atoms. The summed E-state index contributed by atoms with van der Waals surface area (Å²) in [5.41, 5.74) is 0.386. The molecule has 0 heterocycles. The molecule has 70 valence electrons. The standard InChI is InChI=1S/C9H10O4/c10-7-3-1-2-6(9(7)13)4-5-8(11)12/h1-5,7,9-10,13H,(H,11,12). The molecular weight excluding hydrogens is 172 g/mol. The molecule has 0 aliphatic heterocycles. The average Bonchev–Trinajstić information content (AvgIpc) is 2.07. The third kappa shape index (κ3) is 2.54. The lowest BCUT2D eigenvalue weighted by molar-refractivity contribution is -0.131. The summed E-state index contributed by atoms with van der Waals surface area (Å²) >= 11 is 0. The number of rotatable bonds is 2. The van der Waals surface area contributed by atoms with Gasteiger partial charge in [0.25, 0.3) is 0 Å². The van der Waals surface area contributed by atoms with Crippen molar-refractivity contribution in [3.05, 3.63) is 36.0 Å². The van der Waals surface area contributed by atoms with E-state index in [4.69, 9.17) is 10.2 Å². The second-order valence-corrected chi connectivity index (χ2v) is 2.66. The molecule has 1 rings (SSSR count). The second-order valence-electron chi connectivity index (χ2n) is 2.66. The molecule has 0 fully saturated rings. The minimum Gasteiger partial charge on any atom is -0.478 e. The summed E-state index contributed by atoms with van der Waals surface area (Å²) in [5, 5.41) is 26.8. The Morgan fingerprint density at radius 3 is 2.77 bits per heavy atom. The van der Waals surface area contributed by atoms with Crippen LogP contribution in [0.5, 0.6) is 0 Å². The maximum Gasteiger partial charge on any atom is 0.328 e. The molecule has 0 aromatic carbocycles. The van der Waals surface area contributed by atoms with Gasteiger partial charge in [0.1, 0.15) is 12.2 Å². The van der Waals surface area contributed by atoms with Crippen LogP contribution in [0, 0.1) is 0 Å². The van der Waals surface area contributed by atoms with E-state index in [2.05, 4.69) is 0 Å². The highest BCUT2D eigenvalue weighted by Crippen LogP contribution is 2.14. The van der Waals surface area contributed by atoms with E-state index in [1.165, 1.54) is 12.2 Å². The molecule has 0 spiro atoms. The van der Waals surface area contributed by atoms with Crippen molar-refractivity contribution in [2.24, 2.45) is 0 Å². The Morgan fingerprint density at radius 2 is 2.15 bits per heavy atom. The number of aliphatic carboxylic acids is 1. The quantitative estimate of drug-likeness (QED) is 0.519. The minimum atomic E-state index is -1.09. The van der Waals surface area contributed by atoms with E-state index in [0.29, 0.717) is 5.57 Å². The van der Waals surface area contributed by atoms with Crippen molar-refractivity contribution < 1.29 is 20.1 Å². The van der Waals surface area contributed by atoms with Gasteiger partial charge in [-0.1, -0.05) is 18.2 Å². The summed E-state index contributed by atoms with van der Waals surface area (Å²) in [6, 6.07) is 0. The molecule has 3 N–H and O–H groups in total. The first-order valence-electron chi connectivity index (χ1n) is 3.77. The second kappa shape index (κ2) is 4.02. The average molecular weight is 182 g/mol. The highest BCUT2D eigenvalue weighted by Gasteiger charge is 2.18. The van der Waals surface area contributed by atoms with Gasteiger partial charge in [0.15, 0.2) is 0 Å². The van der Waals surface area contributed by atoms with Gasteiger partial charge in [0.2, 0.25) is 0 Å². The summed E-state index contributed by atoms with van der Waals surface area (Å²) in [5.74, 6) is -1.09. The molecule has 0 radical (unpaired) electrons. The molecule has 2 unspecified atom stereocenters. The summed E-state index contributed by atoms with van der Waals surface area (Å²) in [7, 11) is 0. The smallest absolute Gasteiger partial charge is 0.328 e. The number of aliphatic hydroxyl groups excluding tert-OH is 2. The number of aliphatic hydroxyl groups is 2. The number of carboxylic acids is 1. The Bertz CT molecular complexity index is 288. The van der Waals surface area contributed by atoms with Gasteiger partial charge in [0, 0.05) is 6.08 Å². The molecule has 4 nitrogen and oxygen atoms in total. The van der Waals surface area contributed by atoms with Crippen molar-refractivity contribution in [1.29, 1.82) is 0 Å². The number of carbonyl (C=O) groups is 1. The molecule has 0 saturated carbocycles. The van der Waals surface area contributed by atoms with Crippen LogP contribution in [0.15, 0.2) is 36.0 Å². The fourth-order valence-electron chi connectivity index (χ4n) is 1.00. The van der Waals surface area contributed by atoms with E-state index >= 15 is 0 Å². The zero-order valence-electron chi connectivity index (χ0n) is 6.79. The summed E-state index contributed by atoms with van der Waals surface area (Å²) in [6.07, 6.45) is 4.73. The number of hydrogen-bond acceptors (Lipinski definition) is 3. The normalized spacial score (nSPS) is 27.7. The molecule has 2 atom stereocenters. The van der Waals surface area contributed by atoms with Crippen LogP contribution in [0.4, 0.5) is 0 Å². The van der Waals surface area contributed by atoms with Crippen LogP contribution in [0.1, 0.15) is 0 Å². The van der Waals surface area contributed by atoms with E-state index in [0.717, 1.165) is 6.08 Å². The first-order chi connectivity index (χ1) is 6.11. The Kier molecular flexibility index (Phi) is 3.00. The minimum absolute atomic E-state index is 0.386. The zero-order valence-corrected chi connectivity index (χ0v) is 6.79. The van der Waals surface area contributed by atoms with Crippen LogP contribution in [-0.2, 0) is 4.79 Å². The van der Waals surface area contributed by atoms with Crippen LogP contribution in [0.25, 0.3) is 0 Å². The number of hydrogen-bond donors (Lipinski definition) is 3. The van der Waals surface area contributed by atoms with Crippen LogP contribution in [0.2, 0.25) is 0 Å². The van der Waals surface area contributed by atoms with E-state index in [1.54, 1.807) is 12.2 Å². The molecular formula is C9H10O4. The molecule has 1 aliphatic rings. The van der Waals surface area contributed by atoms with Crippen molar-refractivity contribution in [3.8, 4) is 0 Å². The molecule has 0 saturated heterocycles. The largest absolute Gasteiger partial charge is 0.478 e. The predicted octanol–water partition coefficient (Wildman–Crippen LogP) is -0.155. The Balaban J connectivity index is 2.74. The SMILES string of the molecule is O=C(O)C=CC1=CC=CC(O)C1O. The van der Waals surface area contributed by atoms with Crippen LogP contribution in [-0.4, -0.2) is 33.5 Å². The van der Waals surface area contributed by atoms with E-state index in [-0.39, 0.29) is 0 Å². The highest BCUT2D eigenvalue weighted by molar-refractivity contribution is 5.80. The van der Waals surface area contributed by atoms with Gasteiger partial charge >= 0.3 is 5.97 Å². The number of allylic oxidation sites excluding steroid dienone is 2. The molecule has 0 aromatic rings. The molecule has 0 aromatic heterocycles. The van der Waals surface area contributed by atoms with Crippen LogP contribution >= 0.6 is 0 Å². The van der Waals surface area contributed by atoms with Gasteiger partial charge in [-0.15, -0.1) is 0 Å². The first-order valence-corrected chi connectivity index (χ1v) is 3.77. The third-order valence-electron chi connectivity index (χ3n) is 1.68. The van der Waals surface area contributed by atoms with E-state index < -0.39 is 18.2 Å². The van der Waals surface area contributed by atoms with Gasteiger partial charge in [-0.25, -0.2) is 4.79 Å². The molecule has 1 aliphatic carbocycles. The van der Waals surface area contributed by atoms with Crippen molar-refractivity contribution in [2.45, 2.75) is 12.2 Å². The molecule has 0 amide bonds. The zero-order chi connectivity index (χ0) is 9.84. The number of carboxylic acid groups (broad SMARTS) is 1. The van der Waals surface area contributed by atoms with Crippen LogP contribution in [0.3, 0.4) is 0 Å². The van der Waals surface area contributed by atoms with Crippen molar-refractivity contribution in [3.63, 3.8) is 0 Å². The monoisotopic (exact) mass is 182 g/mol. The van der Waals surface area contributed by atoms with Crippen molar-refractivity contribution in [2.75, 3.05) is 0 Å². The summed E-state index contributed by atoms with van der Waals surface area (Å²) in [4.78, 5) is 10.2. The fourth-order valence-corrected chi connectivity index (χ4v) is 1.00. The van der Waals surface area contributed by atoms with Gasteiger partial charge in [-0.05, 0) is 11.6 Å². The van der Waals surface area contributed by atoms with Gasteiger partial charge < -0.3 is 15.3 Å². The lowest BCUT2D eigenvalue weighted by Crippen LogP contribution is -2.27. The topological polar surface area (TPSA) is 77.8 Å². The predicted molar refractivity (Wildman–Crippen MR) is 46.0 cm³/mol. The summed E-state index contributed by atoms with van der Waals surface area (Å²) in [6.45, 7) is 0. The van der Waals surface area contributed by atoms with Gasteiger partial charge in [-0.3, -0.25) is 0 Å². The maximum atomic E-state index is 10.2. The maximum absolute atomic E-state index is 10.2. The van der Waals surface area contributed by atoms with Gasteiger partial charge in [-0.2, -0.15) is 0 Å². The fraction of sp³-hybridized carbons (Fsp3) is 0.222. The van der Waals surface area contributed by atoms with Gasteiger partial charge in [0.05, 0.1) is 0 Å². The van der Waals surface area contributed by atoms with Crippen LogP contribution < -0.4 is 0 Å². The molecule has 13 heavy (non-hydrogen) atoms. The summed E-state index contributed by atoms with van der Waals surface area (Å²) < 4.78 is 0. The first kappa shape index (κ1) is 9.70. The Morgan fingerprint density at radius 1 is 1.46 bits per heavy atom. The Labute approximate surface area is 75.1 Å². The highest BCUT2D eigenvalue weighted by atomic mass is 16.4. The van der Waals surface area contributed by atoms with Crippen molar-refractivity contribution >= 4 is 5.97 Å².